The number of H-pyrrole nitrogens is 2. The molecule has 0 radical (unpaired) electrons. The van der Waals surface area contributed by atoms with Crippen molar-refractivity contribution >= 4 is 39.2 Å². The standard InChI is InChI=1S/C28H29N7O/c1-17(2)28(36)31-20-12-19(15-29-16-20)18-6-7-24-21(13-18)26(34-33-24)25-14-22-23(32-25)8-9-30-27(22)35-10-4-3-5-11-35/h6-9,12-17,32H,3-5,10-11H2,1-2H3,(H,31,36)(H,33,34). The Morgan fingerprint density at radius 3 is 2.67 bits per heavy atom. The molecule has 0 aliphatic carbocycles. The van der Waals surface area contributed by atoms with E-state index in [2.05, 4.69) is 42.5 Å². The van der Waals surface area contributed by atoms with Crippen molar-refractivity contribution in [2.24, 2.45) is 5.92 Å². The molecule has 6 rings (SSSR count). The van der Waals surface area contributed by atoms with Crippen molar-refractivity contribution in [2.45, 2.75) is 33.1 Å². The average Bonchev–Trinajstić information content (AvgIpc) is 3.53. The minimum Gasteiger partial charge on any atom is -0.356 e. The van der Waals surface area contributed by atoms with Crippen LogP contribution in [0.15, 0.2) is 55.0 Å². The van der Waals surface area contributed by atoms with E-state index in [4.69, 9.17) is 4.98 Å². The summed E-state index contributed by atoms with van der Waals surface area (Å²) in [6.45, 7) is 5.84. The lowest BCUT2D eigenvalue weighted by Gasteiger charge is -2.28. The third kappa shape index (κ3) is 4.08. The van der Waals surface area contributed by atoms with Crippen LogP contribution < -0.4 is 10.2 Å². The molecule has 0 saturated carbocycles. The molecule has 1 aromatic carbocycles. The second-order valence-electron chi connectivity index (χ2n) is 9.77. The van der Waals surface area contributed by atoms with Crippen molar-refractivity contribution in [1.82, 2.24) is 25.1 Å². The molecule has 182 valence electrons. The van der Waals surface area contributed by atoms with Crippen LogP contribution in [0.1, 0.15) is 33.1 Å². The van der Waals surface area contributed by atoms with Gasteiger partial charge in [-0.3, -0.25) is 14.9 Å². The van der Waals surface area contributed by atoms with Crippen LogP contribution in [-0.2, 0) is 4.79 Å². The summed E-state index contributed by atoms with van der Waals surface area (Å²) in [7, 11) is 0. The molecule has 1 aliphatic rings. The first kappa shape index (κ1) is 22.3. The molecule has 1 aliphatic heterocycles. The van der Waals surface area contributed by atoms with Gasteiger partial charge >= 0.3 is 0 Å². The molecular formula is C28H29N7O. The van der Waals surface area contributed by atoms with E-state index in [1.54, 1.807) is 6.20 Å². The number of rotatable bonds is 5. The zero-order valence-electron chi connectivity index (χ0n) is 20.5. The molecule has 8 heteroatoms. The highest BCUT2D eigenvalue weighted by Crippen LogP contribution is 2.34. The Morgan fingerprint density at radius 1 is 0.972 bits per heavy atom. The van der Waals surface area contributed by atoms with E-state index in [1.165, 1.54) is 19.3 Å². The summed E-state index contributed by atoms with van der Waals surface area (Å²) in [5.41, 5.74) is 6.46. The minimum absolute atomic E-state index is 0.0289. The molecular weight excluding hydrogens is 450 g/mol. The molecule has 3 N–H and O–H groups in total. The van der Waals surface area contributed by atoms with Gasteiger partial charge in [0.15, 0.2) is 0 Å². The molecule has 0 unspecified atom stereocenters. The van der Waals surface area contributed by atoms with Crippen LogP contribution in [0.5, 0.6) is 0 Å². The molecule has 0 bridgehead atoms. The number of hydrogen-bond donors (Lipinski definition) is 3. The number of aromatic nitrogens is 5. The maximum atomic E-state index is 12.1. The number of nitrogens with one attached hydrogen (secondary N) is 3. The summed E-state index contributed by atoms with van der Waals surface area (Å²) in [4.78, 5) is 27.2. The normalized spacial score (nSPS) is 14.1. The molecule has 5 aromatic rings. The second kappa shape index (κ2) is 9.11. The van der Waals surface area contributed by atoms with E-state index >= 15 is 0 Å². The number of anilines is 2. The van der Waals surface area contributed by atoms with Gasteiger partial charge in [-0.1, -0.05) is 19.9 Å². The second-order valence-corrected chi connectivity index (χ2v) is 9.77. The number of pyridine rings is 2. The highest BCUT2D eigenvalue weighted by atomic mass is 16.1. The smallest absolute Gasteiger partial charge is 0.226 e. The number of benzene rings is 1. The van der Waals surface area contributed by atoms with Crippen LogP contribution >= 0.6 is 0 Å². The number of fused-ring (bicyclic) bond motifs is 2. The highest BCUT2D eigenvalue weighted by molar-refractivity contribution is 6.00. The van der Waals surface area contributed by atoms with Crippen molar-refractivity contribution in [1.29, 1.82) is 0 Å². The zero-order chi connectivity index (χ0) is 24.6. The Labute approximate surface area is 209 Å². The Hall–Kier alpha value is -4.20. The van der Waals surface area contributed by atoms with Crippen LogP contribution in [0, 0.1) is 5.92 Å². The van der Waals surface area contributed by atoms with Gasteiger partial charge in [-0.25, -0.2) is 4.98 Å². The van der Waals surface area contributed by atoms with E-state index in [0.717, 1.165) is 63.2 Å². The van der Waals surface area contributed by atoms with E-state index in [9.17, 15) is 4.79 Å². The predicted octanol–water partition coefficient (Wildman–Crippen LogP) is 5.75. The molecule has 0 spiro atoms. The van der Waals surface area contributed by atoms with Crippen LogP contribution in [0.25, 0.3) is 44.3 Å². The van der Waals surface area contributed by atoms with Gasteiger partial charge in [0.25, 0.3) is 0 Å². The minimum atomic E-state index is -0.0968. The van der Waals surface area contributed by atoms with Gasteiger partial charge < -0.3 is 15.2 Å². The van der Waals surface area contributed by atoms with Gasteiger partial charge in [-0.05, 0) is 55.2 Å². The Morgan fingerprint density at radius 2 is 1.83 bits per heavy atom. The van der Waals surface area contributed by atoms with Crippen LogP contribution in [0.4, 0.5) is 11.5 Å². The summed E-state index contributed by atoms with van der Waals surface area (Å²) in [5.74, 6) is 0.917. The molecule has 36 heavy (non-hydrogen) atoms. The van der Waals surface area contributed by atoms with Crippen molar-refractivity contribution in [3.63, 3.8) is 0 Å². The number of nitrogens with zero attached hydrogens (tertiary/aromatic N) is 4. The lowest BCUT2D eigenvalue weighted by atomic mass is 10.0. The van der Waals surface area contributed by atoms with Crippen LogP contribution in [0.2, 0.25) is 0 Å². The number of piperidine rings is 1. The fourth-order valence-electron chi connectivity index (χ4n) is 4.88. The molecule has 8 nitrogen and oxygen atoms in total. The first-order valence-electron chi connectivity index (χ1n) is 12.5. The van der Waals surface area contributed by atoms with Gasteiger partial charge in [-0.2, -0.15) is 5.10 Å². The van der Waals surface area contributed by atoms with Crippen molar-refractivity contribution < 1.29 is 4.79 Å². The fraction of sp³-hybridized carbons (Fsp3) is 0.286. The van der Waals surface area contributed by atoms with E-state index in [1.807, 2.05) is 50.5 Å². The lowest BCUT2D eigenvalue weighted by Crippen LogP contribution is -2.30. The van der Waals surface area contributed by atoms with Crippen molar-refractivity contribution in [3.05, 3.63) is 55.0 Å². The van der Waals surface area contributed by atoms with Crippen molar-refractivity contribution in [3.8, 4) is 22.5 Å². The maximum Gasteiger partial charge on any atom is 0.226 e. The molecule has 1 amide bonds. The third-order valence-corrected chi connectivity index (χ3v) is 6.86. The molecule has 5 heterocycles. The monoisotopic (exact) mass is 479 g/mol. The van der Waals surface area contributed by atoms with Crippen LogP contribution in [-0.4, -0.2) is 44.1 Å². The summed E-state index contributed by atoms with van der Waals surface area (Å²) in [6.07, 6.45) is 9.06. The Balaban J connectivity index is 1.38. The van der Waals surface area contributed by atoms with E-state index in [-0.39, 0.29) is 11.8 Å². The largest absolute Gasteiger partial charge is 0.356 e. The first-order chi connectivity index (χ1) is 17.6. The quantitative estimate of drug-likeness (QED) is 0.298. The first-order valence-corrected chi connectivity index (χ1v) is 12.5. The molecule has 1 fully saturated rings. The summed E-state index contributed by atoms with van der Waals surface area (Å²) in [6, 6.07) is 12.3. The lowest BCUT2D eigenvalue weighted by molar-refractivity contribution is -0.118. The van der Waals surface area contributed by atoms with Gasteiger partial charge in [0.1, 0.15) is 11.5 Å². The van der Waals surface area contributed by atoms with Gasteiger partial charge in [-0.15, -0.1) is 0 Å². The van der Waals surface area contributed by atoms with Crippen molar-refractivity contribution in [2.75, 3.05) is 23.3 Å². The Kier molecular flexibility index (Phi) is 5.64. The fourth-order valence-corrected chi connectivity index (χ4v) is 4.88. The third-order valence-electron chi connectivity index (χ3n) is 6.86. The SMILES string of the molecule is CC(C)C(=O)Nc1cncc(-c2ccc3[nH]nc(-c4cc5c(N6CCCCC6)nccc5[nH]4)c3c2)c1. The van der Waals surface area contributed by atoms with E-state index < -0.39 is 0 Å². The maximum absolute atomic E-state index is 12.1. The number of aromatic amines is 2. The predicted molar refractivity (Wildman–Crippen MR) is 144 cm³/mol. The number of carbonyl (C=O) groups is 1. The van der Waals surface area contributed by atoms with Crippen LogP contribution in [0.3, 0.4) is 0 Å². The zero-order valence-corrected chi connectivity index (χ0v) is 20.5. The van der Waals surface area contributed by atoms with Gasteiger partial charge in [0, 0.05) is 47.7 Å². The van der Waals surface area contributed by atoms with E-state index in [0.29, 0.717) is 5.69 Å². The summed E-state index contributed by atoms with van der Waals surface area (Å²) >= 11 is 0. The molecule has 1 saturated heterocycles. The molecule has 4 aromatic heterocycles. The number of amides is 1. The summed E-state index contributed by atoms with van der Waals surface area (Å²) < 4.78 is 0. The number of carbonyl (C=O) groups excluding carboxylic acids is 1. The highest BCUT2D eigenvalue weighted by Gasteiger charge is 2.18. The number of hydrogen-bond acceptors (Lipinski definition) is 5. The molecule has 0 atom stereocenters. The van der Waals surface area contributed by atoms with Gasteiger partial charge in [0.05, 0.1) is 28.6 Å². The average molecular weight is 480 g/mol. The Bertz CT molecular complexity index is 1560. The summed E-state index contributed by atoms with van der Waals surface area (Å²) in [5, 5.41) is 12.9. The van der Waals surface area contributed by atoms with Gasteiger partial charge in [0.2, 0.25) is 5.91 Å². The topological polar surface area (TPSA) is 103 Å².